The second-order valence-corrected chi connectivity index (χ2v) is 6.17. The van der Waals surface area contributed by atoms with Crippen molar-refractivity contribution in [3.05, 3.63) is 23.0 Å². The molecule has 1 fully saturated rings. The Labute approximate surface area is 124 Å². The van der Waals surface area contributed by atoms with E-state index in [-0.39, 0.29) is 5.97 Å². The number of ether oxygens (including phenoxy) is 4. The SMILES string of the molecule is CC1=C(CC2(C3=CCCC3)OCCO2)C(=O)OC(C)(C)O1. The van der Waals surface area contributed by atoms with Gasteiger partial charge in [0.25, 0.3) is 0 Å². The van der Waals surface area contributed by atoms with E-state index < -0.39 is 11.6 Å². The molecule has 0 bridgehead atoms. The molecule has 2 heterocycles. The Bertz CT molecular complexity index is 509. The lowest BCUT2D eigenvalue weighted by atomic mass is 9.95. The second-order valence-electron chi connectivity index (χ2n) is 6.17. The maximum absolute atomic E-state index is 12.3. The molecule has 5 heteroatoms. The number of carbonyl (C=O) groups is 1. The van der Waals surface area contributed by atoms with E-state index >= 15 is 0 Å². The van der Waals surface area contributed by atoms with Crippen molar-refractivity contribution in [1.29, 1.82) is 0 Å². The molecule has 21 heavy (non-hydrogen) atoms. The van der Waals surface area contributed by atoms with E-state index in [9.17, 15) is 4.79 Å². The smallest absolute Gasteiger partial charge is 0.340 e. The topological polar surface area (TPSA) is 54.0 Å². The summed E-state index contributed by atoms with van der Waals surface area (Å²) in [7, 11) is 0. The highest BCUT2D eigenvalue weighted by atomic mass is 16.7. The van der Waals surface area contributed by atoms with Crippen LogP contribution in [0, 0.1) is 0 Å². The van der Waals surface area contributed by atoms with Crippen LogP contribution in [0.4, 0.5) is 0 Å². The Morgan fingerprint density at radius 3 is 2.48 bits per heavy atom. The molecule has 0 N–H and O–H groups in total. The van der Waals surface area contributed by atoms with Crippen LogP contribution in [0.2, 0.25) is 0 Å². The molecule has 5 nitrogen and oxygen atoms in total. The summed E-state index contributed by atoms with van der Waals surface area (Å²) in [6.07, 6.45) is 5.61. The first-order valence-electron chi connectivity index (χ1n) is 7.51. The van der Waals surface area contributed by atoms with Crippen molar-refractivity contribution in [3.63, 3.8) is 0 Å². The minimum atomic E-state index is -0.915. The molecule has 0 unspecified atom stereocenters. The number of rotatable bonds is 3. The maximum Gasteiger partial charge on any atom is 0.340 e. The average Bonchev–Trinajstić information content (AvgIpc) is 3.04. The van der Waals surface area contributed by atoms with E-state index in [1.54, 1.807) is 20.8 Å². The van der Waals surface area contributed by atoms with Gasteiger partial charge >= 0.3 is 5.97 Å². The highest BCUT2D eigenvalue weighted by Gasteiger charge is 2.45. The molecule has 0 aromatic heterocycles. The predicted molar refractivity (Wildman–Crippen MR) is 75.1 cm³/mol. The van der Waals surface area contributed by atoms with Gasteiger partial charge in [0.1, 0.15) is 5.76 Å². The quantitative estimate of drug-likeness (QED) is 0.592. The Balaban J connectivity index is 1.88. The van der Waals surface area contributed by atoms with Crippen LogP contribution in [0.15, 0.2) is 23.0 Å². The van der Waals surface area contributed by atoms with Crippen molar-refractivity contribution in [2.24, 2.45) is 0 Å². The second kappa shape index (κ2) is 5.14. The van der Waals surface area contributed by atoms with Gasteiger partial charge in [0, 0.05) is 20.3 Å². The Hall–Kier alpha value is -1.33. The lowest BCUT2D eigenvalue weighted by Gasteiger charge is -2.35. The molecule has 0 aromatic rings. The Kier molecular flexibility index (Phi) is 3.58. The first-order valence-corrected chi connectivity index (χ1v) is 7.51. The maximum atomic E-state index is 12.3. The van der Waals surface area contributed by atoms with Crippen molar-refractivity contribution < 1.29 is 23.7 Å². The van der Waals surface area contributed by atoms with Crippen LogP contribution < -0.4 is 0 Å². The number of allylic oxidation sites excluding steroid dienone is 2. The van der Waals surface area contributed by atoms with Gasteiger partial charge in [-0.2, -0.15) is 0 Å². The number of esters is 1. The highest BCUT2D eigenvalue weighted by Crippen LogP contribution is 2.41. The third kappa shape index (κ3) is 2.72. The van der Waals surface area contributed by atoms with Crippen molar-refractivity contribution in [1.82, 2.24) is 0 Å². The van der Waals surface area contributed by atoms with Gasteiger partial charge in [-0.05, 0) is 31.8 Å². The normalized spacial score (nSPS) is 27.4. The van der Waals surface area contributed by atoms with E-state index in [0.29, 0.717) is 31.0 Å². The van der Waals surface area contributed by atoms with E-state index in [1.807, 2.05) is 0 Å². The fraction of sp³-hybridized carbons (Fsp3) is 0.688. The zero-order valence-corrected chi connectivity index (χ0v) is 12.9. The fourth-order valence-electron chi connectivity index (χ4n) is 3.18. The van der Waals surface area contributed by atoms with Crippen LogP contribution >= 0.6 is 0 Å². The van der Waals surface area contributed by atoms with E-state index in [2.05, 4.69) is 6.08 Å². The van der Waals surface area contributed by atoms with Gasteiger partial charge in [-0.1, -0.05) is 6.08 Å². The standard InChI is InChI=1S/C16H22O5/c1-11-13(14(17)21-15(2,3)20-11)10-16(18-8-9-19-16)12-6-4-5-7-12/h6H,4-5,7-10H2,1-3H3. The molecular weight excluding hydrogens is 272 g/mol. The number of cyclic esters (lactones) is 1. The first kappa shape index (κ1) is 14.6. The monoisotopic (exact) mass is 294 g/mol. The molecule has 0 spiro atoms. The summed E-state index contributed by atoms with van der Waals surface area (Å²) in [4.78, 5) is 12.3. The predicted octanol–water partition coefficient (Wildman–Crippen LogP) is 2.81. The summed E-state index contributed by atoms with van der Waals surface area (Å²) < 4.78 is 22.8. The Morgan fingerprint density at radius 1 is 1.19 bits per heavy atom. The molecular formula is C16H22O5. The Morgan fingerprint density at radius 2 is 1.90 bits per heavy atom. The minimum absolute atomic E-state index is 0.346. The van der Waals surface area contributed by atoms with Gasteiger partial charge in [-0.3, -0.25) is 0 Å². The van der Waals surface area contributed by atoms with Gasteiger partial charge < -0.3 is 18.9 Å². The van der Waals surface area contributed by atoms with E-state index in [1.165, 1.54) is 0 Å². The van der Waals surface area contributed by atoms with Crippen LogP contribution in [0.3, 0.4) is 0 Å². The lowest BCUT2D eigenvalue weighted by molar-refractivity contribution is -0.210. The van der Waals surface area contributed by atoms with Gasteiger partial charge in [-0.15, -0.1) is 0 Å². The molecule has 1 saturated heterocycles. The molecule has 0 atom stereocenters. The summed E-state index contributed by atoms with van der Waals surface area (Å²) in [6.45, 7) is 6.34. The first-order chi connectivity index (χ1) is 9.92. The molecule has 3 aliphatic rings. The van der Waals surface area contributed by atoms with Gasteiger partial charge in [0.05, 0.1) is 18.8 Å². The summed E-state index contributed by atoms with van der Waals surface area (Å²) >= 11 is 0. The molecule has 2 aliphatic heterocycles. The van der Waals surface area contributed by atoms with Crippen molar-refractivity contribution in [3.8, 4) is 0 Å². The average molecular weight is 294 g/mol. The zero-order valence-electron chi connectivity index (χ0n) is 12.9. The minimum Gasteiger partial charge on any atom is -0.457 e. The fourth-order valence-corrected chi connectivity index (χ4v) is 3.18. The zero-order chi connectivity index (χ0) is 15.1. The number of hydrogen-bond acceptors (Lipinski definition) is 5. The largest absolute Gasteiger partial charge is 0.457 e. The molecule has 3 rings (SSSR count). The van der Waals surface area contributed by atoms with Crippen LogP contribution in [0.25, 0.3) is 0 Å². The van der Waals surface area contributed by atoms with Gasteiger partial charge in [0.2, 0.25) is 5.79 Å². The summed E-state index contributed by atoms with van der Waals surface area (Å²) in [6, 6.07) is 0. The lowest BCUT2D eigenvalue weighted by Crippen LogP contribution is -2.40. The van der Waals surface area contributed by atoms with Crippen molar-refractivity contribution in [2.75, 3.05) is 13.2 Å². The van der Waals surface area contributed by atoms with Gasteiger partial charge in [-0.25, -0.2) is 4.79 Å². The molecule has 1 aliphatic carbocycles. The highest BCUT2D eigenvalue weighted by molar-refractivity contribution is 5.90. The molecule has 0 saturated carbocycles. The molecule has 0 radical (unpaired) electrons. The van der Waals surface area contributed by atoms with Crippen LogP contribution in [0.5, 0.6) is 0 Å². The summed E-state index contributed by atoms with van der Waals surface area (Å²) in [5, 5.41) is 0. The molecule has 0 amide bonds. The van der Waals surface area contributed by atoms with E-state index in [0.717, 1.165) is 24.8 Å². The molecule has 0 aromatic carbocycles. The van der Waals surface area contributed by atoms with Crippen LogP contribution in [-0.4, -0.2) is 30.8 Å². The van der Waals surface area contributed by atoms with Crippen LogP contribution in [-0.2, 0) is 23.7 Å². The number of hydrogen-bond donors (Lipinski definition) is 0. The molecule has 116 valence electrons. The van der Waals surface area contributed by atoms with E-state index in [4.69, 9.17) is 18.9 Å². The van der Waals surface area contributed by atoms with Crippen molar-refractivity contribution in [2.45, 2.75) is 58.0 Å². The summed E-state index contributed by atoms with van der Waals surface area (Å²) in [5.74, 6) is -1.48. The van der Waals surface area contributed by atoms with Crippen LogP contribution in [0.1, 0.15) is 46.5 Å². The van der Waals surface area contributed by atoms with Gasteiger partial charge in [0.15, 0.2) is 5.79 Å². The third-order valence-electron chi connectivity index (χ3n) is 4.10. The summed E-state index contributed by atoms with van der Waals surface area (Å²) in [5.41, 5.74) is 1.64. The van der Waals surface area contributed by atoms with Crippen molar-refractivity contribution >= 4 is 5.97 Å². The number of carbonyl (C=O) groups excluding carboxylic acids is 1. The third-order valence-corrected chi connectivity index (χ3v) is 4.10.